The Balaban J connectivity index is 1.87. The zero-order chi connectivity index (χ0) is 16.4. The molecule has 2 aromatic carbocycles. The van der Waals surface area contributed by atoms with Crippen LogP contribution < -0.4 is 5.32 Å². The molecule has 3 nitrogen and oxygen atoms in total. The van der Waals surface area contributed by atoms with Crippen molar-refractivity contribution in [1.82, 2.24) is 10.3 Å². The SMILES string of the molecule is CC(NC(=O)c1ccnc2ccccc12)c1ccc(F)c(F)c1. The van der Waals surface area contributed by atoms with E-state index in [-0.39, 0.29) is 5.91 Å². The van der Waals surface area contributed by atoms with Gasteiger partial charge in [-0.3, -0.25) is 9.78 Å². The second kappa shape index (κ2) is 6.12. The number of carbonyl (C=O) groups excluding carboxylic acids is 1. The molecule has 0 aliphatic rings. The van der Waals surface area contributed by atoms with Crippen LogP contribution in [0.5, 0.6) is 0 Å². The van der Waals surface area contributed by atoms with Crippen LogP contribution in [0.2, 0.25) is 0 Å². The Bertz CT molecular complexity index is 875. The largest absolute Gasteiger partial charge is 0.345 e. The minimum absolute atomic E-state index is 0.291. The zero-order valence-electron chi connectivity index (χ0n) is 12.4. The average molecular weight is 312 g/mol. The number of rotatable bonds is 3. The topological polar surface area (TPSA) is 42.0 Å². The van der Waals surface area contributed by atoms with Crippen molar-refractivity contribution in [3.63, 3.8) is 0 Å². The molecule has 1 unspecified atom stereocenters. The van der Waals surface area contributed by atoms with Gasteiger partial charge in [-0.1, -0.05) is 24.3 Å². The number of fused-ring (bicyclic) bond motifs is 1. The molecule has 23 heavy (non-hydrogen) atoms. The number of para-hydroxylation sites is 1. The maximum Gasteiger partial charge on any atom is 0.252 e. The highest BCUT2D eigenvalue weighted by Crippen LogP contribution is 2.19. The number of benzene rings is 2. The Morgan fingerprint density at radius 2 is 1.87 bits per heavy atom. The van der Waals surface area contributed by atoms with Crippen LogP contribution in [0.25, 0.3) is 10.9 Å². The summed E-state index contributed by atoms with van der Waals surface area (Å²) in [5.41, 5.74) is 1.71. The van der Waals surface area contributed by atoms with Gasteiger partial charge in [-0.05, 0) is 36.8 Å². The Morgan fingerprint density at radius 3 is 2.65 bits per heavy atom. The first-order chi connectivity index (χ1) is 11.1. The molecule has 116 valence electrons. The van der Waals surface area contributed by atoms with E-state index in [0.29, 0.717) is 11.1 Å². The number of nitrogens with one attached hydrogen (secondary N) is 1. The summed E-state index contributed by atoms with van der Waals surface area (Å²) in [4.78, 5) is 16.7. The standard InChI is InChI=1S/C18H14F2N2O/c1-11(12-6-7-15(19)16(20)10-12)22-18(23)14-8-9-21-17-5-3-2-4-13(14)17/h2-11H,1H3,(H,22,23). The Morgan fingerprint density at radius 1 is 1.09 bits per heavy atom. The van der Waals surface area contributed by atoms with Gasteiger partial charge in [-0.25, -0.2) is 8.78 Å². The lowest BCUT2D eigenvalue weighted by Gasteiger charge is -2.15. The molecule has 3 aromatic rings. The minimum Gasteiger partial charge on any atom is -0.345 e. The molecule has 1 N–H and O–H groups in total. The van der Waals surface area contributed by atoms with Crippen molar-refractivity contribution >= 4 is 16.8 Å². The van der Waals surface area contributed by atoms with Crippen molar-refractivity contribution in [1.29, 1.82) is 0 Å². The maximum absolute atomic E-state index is 13.3. The summed E-state index contributed by atoms with van der Waals surface area (Å²) < 4.78 is 26.3. The van der Waals surface area contributed by atoms with Crippen molar-refractivity contribution in [3.8, 4) is 0 Å². The highest BCUT2D eigenvalue weighted by atomic mass is 19.2. The van der Waals surface area contributed by atoms with E-state index in [0.717, 1.165) is 23.0 Å². The third-order valence-corrected chi connectivity index (χ3v) is 3.68. The molecule has 5 heteroatoms. The summed E-state index contributed by atoms with van der Waals surface area (Å²) in [5, 5.41) is 3.54. The molecule has 1 heterocycles. The molecule has 0 saturated heterocycles. The molecule has 0 fully saturated rings. The van der Waals surface area contributed by atoms with E-state index in [9.17, 15) is 13.6 Å². The normalized spacial score (nSPS) is 12.1. The summed E-state index contributed by atoms with van der Waals surface area (Å²) in [7, 11) is 0. The van der Waals surface area contributed by atoms with Gasteiger partial charge in [0, 0.05) is 11.6 Å². The molecule has 1 aromatic heterocycles. The van der Waals surface area contributed by atoms with Crippen molar-refractivity contribution < 1.29 is 13.6 Å². The number of carbonyl (C=O) groups is 1. The van der Waals surface area contributed by atoms with Crippen LogP contribution in [0.15, 0.2) is 54.7 Å². The third-order valence-electron chi connectivity index (χ3n) is 3.68. The molecule has 0 saturated carbocycles. The van der Waals surface area contributed by atoms with E-state index in [1.807, 2.05) is 24.3 Å². The Hall–Kier alpha value is -2.82. The van der Waals surface area contributed by atoms with Crippen LogP contribution in [0.1, 0.15) is 28.9 Å². The van der Waals surface area contributed by atoms with Crippen LogP contribution in [-0.4, -0.2) is 10.9 Å². The molecule has 0 spiro atoms. The Labute approximate surface area is 132 Å². The predicted octanol–water partition coefficient (Wildman–Crippen LogP) is 4.00. The number of nitrogens with zero attached hydrogens (tertiary/aromatic N) is 1. The fourth-order valence-electron chi connectivity index (χ4n) is 2.43. The zero-order valence-corrected chi connectivity index (χ0v) is 12.4. The molecule has 0 aliphatic heterocycles. The van der Waals surface area contributed by atoms with Crippen molar-refractivity contribution in [2.24, 2.45) is 0 Å². The lowest BCUT2D eigenvalue weighted by molar-refractivity contribution is 0.0941. The van der Waals surface area contributed by atoms with Gasteiger partial charge in [0.15, 0.2) is 11.6 Å². The van der Waals surface area contributed by atoms with E-state index in [4.69, 9.17) is 0 Å². The molecule has 3 rings (SSSR count). The minimum atomic E-state index is -0.932. The van der Waals surface area contributed by atoms with Gasteiger partial charge in [0.2, 0.25) is 0 Å². The van der Waals surface area contributed by atoms with Gasteiger partial charge in [-0.15, -0.1) is 0 Å². The molecule has 0 bridgehead atoms. The summed E-state index contributed by atoms with van der Waals surface area (Å²) in [6.45, 7) is 1.72. The fourth-order valence-corrected chi connectivity index (χ4v) is 2.43. The van der Waals surface area contributed by atoms with E-state index < -0.39 is 17.7 Å². The second-order valence-corrected chi connectivity index (χ2v) is 5.24. The van der Waals surface area contributed by atoms with Gasteiger partial charge < -0.3 is 5.32 Å². The molecular weight excluding hydrogens is 298 g/mol. The lowest BCUT2D eigenvalue weighted by Crippen LogP contribution is -2.27. The molecule has 1 atom stereocenters. The van der Waals surface area contributed by atoms with E-state index in [1.54, 1.807) is 19.2 Å². The number of halogens is 2. The third kappa shape index (κ3) is 3.04. The van der Waals surface area contributed by atoms with Crippen LogP contribution in [0, 0.1) is 11.6 Å². The van der Waals surface area contributed by atoms with Crippen molar-refractivity contribution in [2.45, 2.75) is 13.0 Å². The van der Waals surface area contributed by atoms with Crippen LogP contribution in [0.4, 0.5) is 8.78 Å². The van der Waals surface area contributed by atoms with E-state index in [2.05, 4.69) is 10.3 Å². The van der Waals surface area contributed by atoms with Gasteiger partial charge >= 0.3 is 0 Å². The Kier molecular flexibility index (Phi) is 4.02. The van der Waals surface area contributed by atoms with Crippen molar-refractivity contribution in [3.05, 3.63) is 77.5 Å². The van der Waals surface area contributed by atoms with Gasteiger partial charge in [0.25, 0.3) is 5.91 Å². The van der Waals surface area contributed by atoms with E-state index in [1.165, 1.54) is 6.07 Å². The monoisotopic (exact) mass is 312 g/mol. The molecule has 0 radical (unpaired) electrons. The number of amides is 1. The average Bonchev–Trinajstić information content (AvgIpc) is 2.56. The molecule has 1 amide bonds. The number of hydrogen-bond acceptors (Lipinski definition) is 2. The molecular formula is C18H14F2N2O. The quantitative estimate of drug-likeness (QED) is 0.794. The summed E-state index contributed by atoms with van der Waals surface area (Å²) in [6.07, 6.45) is 1.57. The van der Waals surface area contributed by atoms with Gasteiger partial charge in [0.1, 0.15) is 0 Å². The van der Waals surface area contributed by atoms with Gasteiger partial charge in [0.05, 0.1) is 17.1 Å². The predicted molar refractivity (Wildman–Crippen MR) is 84.0 cm³/mol. The highest BCUT2D eigenvalue weighted by Gasteiger charge is 2.15. The second-order valence-electron chi connectivity index (χ2n) is 5.24. The van der Waals surface area contributed by atoms with Crippen LogP contribution >= 0.6 is 0 Å². The number of pyridine rings is 1. The van der Waals surface area contributed by atoms with Gasteiger partial charge in [-0.2, -0.15) is 0 Å². The summed E-state index contributed by atoms with van der Waals surface area (Å²) in [5.74, 6) is -2.13. The van der Waals surface area contributed by atoms with Crippen LogP contribution in [-0.2, 0) is 0 Å². The summed E-state index contributed by atoms with van der Waals surface area (Å²) >= 11 is 0. The summed E-state index contributed by atoms with van der Waals surface area (Å²) in [6, 6.07) is 12.1. The lowest BCUT2D eigenvalue weighted by atomic mass is 10.1. The first-order valence-corrected chi connectivity index (χ1v) is 7.16. The van der Waals surface area contributed by atoms with Crippen LogP contribution in [0.3, 0.4) is 0 Å². The first-order valence-electron chi connectivity index (χ1n) is 7.16. The smallest absolute Gasteiger partial charge is 0.252 e. The fraction of sp³-hybridized carbons (Fsp3) is 0.111. The molecule has 0 aliphatic carbocycles. The highest BCUT2D eigenvalue weighted by molar-refractivity contribution is 6.06. The van der Waals surface area contributed by atoms with E-state index >= 15 is 0 Å². The number of hydrogen-bond donors (Lipinski definition) is 1. The maximum atomic E-state index is 13.3. The number of aromatic nitrogens is 1. The van der Waals surface area contributed by atoms with Crippen molar-refractivity contribution in [2.75, 3.05) is 0 Å². The first kappa shape index (κ1) is 15.1.